The first-order valence-electron chi connectivity index (χ1n) is 10.5. The van der Waals surface area contributed by atoms with E-state index in [-0.39, 0.29) is 17.9 Å². The molecule has 7 heteroatoms. The first kappa shape index (κ1) is 22.8. The fourth-order valence-electron chi connectivity index (χ4n) is 3.16. The Morgan fingerprint density at radius 3 is 2.38 bits per heavy atom. The monoisotopic (exact) mass is 434 g/mol. The van der Waals surface area contributed by atoms with E-state index in [1.807, 2.05) is 61.5 Å². The molecule has 32 heavy (non-hydrogen) atoms. The predicted molar refractivity (Wildman–Crippen MR) is 125 cm³/mol. The summed E-state index contributed by atoms with van der Waals surface area (Å²) in [5, 5.41) is 8.48. The Hall–Kier alpha value is -3.87. The molecule has 3 N–H and O–H groups in total. The summed E-state index contributed by atoms with van der Waals surface area (Å²) < 4.78 is 13.4. The smallest absolute Gasteiger partial charge is 0.326 e. The number of nitrogens with one attached hydrogen (secondary N) is 3. The predicted octanol–water partition coefficient (Wildman–Crippen LogP) is 5.06. The average molecular weight is 435 g/mol. The summed E-state index contributed by atoms with van der Waals surface area (Å²) >= 11 is 0. The minimum absolute atomic E-state index is 0.272. The summed E-state index contributed by atoms with van der Waals surface area (Å²) in [5.41, 5.74) is 3.30. The molecule has 0 spiro atoms. The first-order chi connectivity index (χ1) is 15.5. The number of rotatable bonds is 8. The average Bonchev–Trinajstić information content (AvgIpc) is 2.79. The number of anilines is 2. The van der Waals surface area contributed by atoms with Crippen molar-refractivity contribution in [2.45, 2.75) is 19.9 Å². The number of nitrogens with zero attached hydrogens (tertiary/aromatic N) is 1. The van der Waals surface area contributed by atoms with Gasteiger partial charge in [0.2, 0.25) is 0 Å². The van der Waals surface area contributed by atoms with Crippen LogP contribution in [-0.4, -0.2) is 25.2 Å². The van der Waals surface area contributed by atoms with Gasteiger partial charge in [0.1, 0.15) is 5.82 Å². The Kier molecular flexibility index (Phi) is 8.20. The molecule has 0 bridgehead atoms. The lowest BCUT2D eigenvalue weighted by atomic mass is 10.2. The molecule has 3 rings (SSSR count). The number of hydrogen-bond acceptors (Lipinski definition) is 2. The van der Waals surface area contributed by atoms with Gasteiger partial charge in [-0.15, -0.1) is 0 Å². The number of benzene rings is 3. The van der Waals surface area contributed by atoms with Gasteiger partial charge in [0.25, 0.3) is 0 Å². The van der Waals surface area contributed by atoms with E-state index in [9.17, 15) is 14.0 Å². The van der Waals surface area contributed by atoms with Gasteiger partial charge in [0.15, 0.2) is 0 Å². The van der Waals surface area contributed by atoms with E-state index in [0.29, 0.717) is 37.4 Å². The van der Waals surface area contributed by atoms with Gasteiger partial charge in [-0.05, 0) is 60.9 Å². The summed E-state index contributed by atoms with van der Waals surface area (Å²) in [6.45, 7) is 3.12. The molecular weight excluding hydrogens is 407 g/mol. The van der Waals surface area contributed by atoms with Crippen molar-refractivity contribution in [3.8, 4) is 0 Å². The fourth-order valence-corrected chi connectivity index (χ4v) is 3.16. The lowest BCUT2D eigenvalue weighted by Crippen LogP contribution is -2.39. The Bertz CT molecular complexity index is 1030. The largest absolute Gasteiger partial charge is 0.338 e. The highest BCUT2D eigenvalue weighted by molar-refractivity contribution is 6.01. The van der Waals surface area contributed by atoms with Crippen molar-refractivity contribution in [2.24, 2.45) is 0 Å². The van der Waals surface area contributed by atoms with Gasteiger partial charge in [0, 0.05) is 31.0 Å². The van der Waals surface area contributed by atoms with Crippen molar-refractivity contribution in [3.63, 3.8) is 0 Å². The van der Waals surface area contributed by atoms with E-state index in [4.69, 9.17) is 0 Å². The molecule has 0 radical (unpaired) electrons. The Labute approximate surface area is 187 Å². The molecule has 0 atom stereocenters. The van der Waals surface area contributed by atoms with Crippen LogP contribution < -0.4 is 20.9 Å². The zero-order valence-electron chi connectivity index (χ0n) is 18.0. The molecule has 0 aliphatic rings. The van der Waals surface area contributed by atoms with Crippen molar-refractivity contribution in [2.75, 3.05) is 23.3 Å². The van der Waals surface area contributed by atoms with Gasteiger partial charge in [-0.3, -0.25) is 4.90 Å². The number of carbonyl (C=O) groups excluding carboxylic acids is 2. The van der Waals surface area contributed by atoms with Crippen LogP contribution >= 0.6 is 0 Å². The summed E-state index contributed by atoms with van der Waals surface area (Å²) in [7, 11) is 0. The second kappa shape index (κ2) is 11.5. The lowest BCUT2D eigenvalue weighted by Gasteiger charge is -2.23. The van der Waals surface area contributed by atoms with Crippen LogP contribution in [0, 0.1) is 12.7 Å². The van der Waals surface area contributed by atoms with Crippen LogP contribution in [0.3, 0.4) is 0 Å². The molecule has 3 aromatic rings. The normalized spacial score (nSPS) is 10.3. The maximum Gasteiger partial charge on any atom is 0.326 e. The van der Waals surface area contributed by atoms with E-state index in [0.717, 1.165) is 11.1 Å². The van der Waals surface area contributed by atoms with Gasteiger partial charge >= 0.3 is 12.1 Å². The van der Waals surface area contributed by atoms with E-state index in [2.05, 4.69) is 16.0 Å². The Morgan fingerprint density at radius 2 is 1.66 bits per heavy atom. The van der Waals surface area contributed by atoms with Crippen LogP contribution in [0.4, 0.5) is 25.4 Å². The maximum absolute atomic E-state index is 13.4. The highest BCUT2D eigenvalue weighted by Crippen LogP contribution is 2.18. The van der Waals surface area contributed by atoms with Gasteiger partial charge in [-0.25, -0.2) is 14.0 Å². The topological polar surface area (TPSA) is 73.5 Å². The molecule has 0 aliphatic heterocycles. The SMILES string of the molecule is Cc1cccc(NC(=O)N(CCCNC(=O)NCc2ccccc2)c2ccc(F)cc2)c1. The molecule has 0 unspecified atom stereocenters. The van der Waals surface area contributed by atoms with Crippen molar-refractivity contribution in [1.29, 1.82) is 0 Å². The lowest BCUT2D eigenvalue weighted by molar-refractivity contribution is 0.240. The zero-order chi connectivity index (χ0) is 22.8. The molecule has 0 aliphatic carbocycles. The third-order valence-electron chi connectivity index (χ3n) is 4.79. The highest BCUT2D eigenvalue weighted by Gasteiger charge is 2.16. The Morgan fingerprint density at radius 1 is 0.906 bits per heavy atom. The van der Waals surface area contributed by atoms with Crippen molar-refractivity contribution < 1.29 is 14.0 Å². The molecule has 0 saturated heterocycles. The van der Waals surface area contributed by atoms with Crippen LogP contribution in [0.25, 0.3) is 0 Å². The molecule has 0 fully saturated rings. The highest BCUT2D eigenvalue weighted by atomic mass is 19.1. The second-order valence-electron chi connectivity index (χ2n) is 7.38. The van der Waals surface area contributed by atoms with Gasteiger partial charge < -0.3 is 16.0 Å². The van der Waals surface area contributed by atoms with E-state index in [1.165, 1.54) is 17.0 Å². The quantitative estimate of drug-likeness (QED) is 0.434. The fraction of sp³-hybridized carbons (Fsp3) is 0.200. The minimum Gasteiger partial charge on any atom is -0.338 e. The number of amides is 4. The molecule has 4 amide bonds. The summed E-state index contributed by atoms with van der Waals surface area (Å²) in [4.78, 5) is 26.5. The second-order valence-corrected chi connectivity index (χ2v) is 7.38. The number of aryl methyl sites for hydroxylation is 1. The van der Waals surface area contributed by atoms with Crippen LogP contribution in [0.2, 0.25) is 0 Å². The number of halogens is 1. The van der Waals surface area contributed by atoms with Crippen LogP contribution in [-0.2, 0) is 6.54 Å². The van der Waals surface area contributed by atoms with Gasteiger partial charge in [-0.2, -0.15) is 0 Å². The molecule has 0 saturated carbocycles. The first-order valence-corrected chi connectivity index (χ1v) is 10.5. The number of hydrogen-bond donors (Lipinski definition) is 3. The zero-order valence-corrected chi connectivity index (χ0v) is 18.0. The number of carbonyl (C=O) groups is 2. The third kappa shape index (κ3) is 7.12. The summed E-state index contributed by atoms with van der Waals surface area (Å²) in [6.07, 6.45) is 0.525. The molecular formula is C25H27FN4O2. The van der Waals surface area contributed by atoms with Gasteiger partial charge in [0.05, 0.1) is 0 Å². The third-order valence-corrected chi connectivity index (χ3v) is 4.79. The molecule has 6 nitrogen and oxygen atoms in total. The minimum atomic E-state index is -0.371. The van der Waals surface area contributed by atoms with Crippen molar-refractivity contribution in [1.82, 2.24) is 10.6 Å². The number of urea groups is 2. The van der Waals surface area contributed by atoms with E-state index < -0.39 is 0 Å². The Balaban J connectivity index is 1.53. The summed E-state index contributed by atoms with van der Waals surface area (Å²) in [5.74, 6) is -0.371. The van der Waals surface area contributed by atoms with E-state index in [1.54, 1.807) is 12.1 Å². The standard InChI is InChI=1S/C25H27FN4O2/c1-19-7-5-10-22(17-19)29-25(32)30(23-13-11-21(26)12-14-23)16-6-15-27-24(31)28-18-20-8-3-2-4-9-20/h2-5,7-14,17H,6,15-16,18H2,1H3,(H,29,32)(H2,27,28,31). The van der Waals surface area contributed by atoms with Crippen LogP contribution in [0.1, 0.15) is 17.5 Å². The van der Waals surface area contributed by atoms with Crippen molar-refractivity contribution >= 4 is 23.4 Å². The summed E-state index contributed by atoms with van der Waals surface area (Å²) in [6, 6.07) is 22.3. The van der Waals surface area contributed by atoms with Crippen LogP contribution in [0.15, 0.2) is 78.9 Å². The van der Waals surface area contributed by atoms with Crippen LogP contribution in [0.5, 0.6) is 0 Å². The van der Waals surface area contributed by atoms with Gasteiger partial charge in [-0.1, -0.05) is 42.5 Å². The molecule has 0 aromatic heterocycles. The molecule has 3 aromatic carbocycles. The van der Waals surface area contributed by atoms with Crippen molar-refractivity contribution in [3.05, 3.63) is 95.8 Å². The molecule has 0 heterocycles. The molecule has 166 valence electrons. The maximum atomic E-state index is 13.4. The van der Waals surface area contributed by atoms with E-state index >= 15 is 0 Å².